The van der Waals surface area contributed by atoms with E-state index < -0.39 is 0 Å². The smallest absolute Gasteiger partial charge is 0.321 e. The number of rotatable bonds is 7. The Bertz CT molecular complexity index is 514. The van der Waals surface area contributed by atoms with Crippen LogP contribution in [0.25, 0.3) is 0 Å². The van der Waals surface area contributed by atoms with Crippen molar-refractivity contribution in [1.29, 1.82) is 0 Å². The summed E-state index contributed by atoms with van der Waals surface area (Å²) in [6.45, 7) is 5.44. The molecule has 0 aliphatic carbocycles. The van der Waals surface area contributed by atoms with Crippen LogP contribution in [-0.2, 0) is 0 Å². The lowest BCUT2D eigenvalue weighted by Crippen LogP contribution is -2.36. The third kappa shape index (κ3) is 6.69. The molecular formula is C17H28N4O2. The Morgan fingerprint density at radius 2 is 1.70 bits per heavy atom. The van der Waals surface area contributed by atoms with Gasteiger partial charge in [0.05, 0.1) is 0 Å². The summed E-state index contributed by atoms with van der Waals surface area (Å²) in [6.07, 6.45) is 0.888. The van der Waals surface area contributed by atoms with Crippen LogP contribution in [0.15, 0.2) is 24.3 Å². The summed E-state index contributed by atoms with van der Waals surface area (Å²) in [5.41, 5.74) is 1.26. The molecule has 0 radical (unpaired) electrons. The minimum atomic E-state index is -0.163. The van der Waals surface area contributed by atoms with Gasteiger partial charge in [0, 0.05) is 37.4 Å². The van der Waals surface area contributed by atoms with Crippen molar-refractivity contribution in [3.05, 3.63) is 29.8 Å². The maximum absolute atomic E-state index is 12.0. The van der Waals surface area contributed by atoms with Crippen LogP contribution >= 0.6 is 0 Å². The summed E-state index contributed by atoms with van der Waals surface area (Å²) in [5.74, 6) is -0.0969. The van der Waals surface area contributed by atoms with Crippen LogP contribution < -0.4 is 10.6 Å². The minimum absolute atomic E-state index is 0.0969. The topological polar surface area (TPSA) is 64.7 Å². The van der Waals surface area contributed by atoms with E-state index in [1.54, 1.807) is 36.2 Å². The van der Waals surface area contributed by atoms with E-state index in [0.29, 0.717) is 17.8 Å². The van der Waals surface area contributed by atoms with E-state index in [4.69, 9.17) is 0 Å². The van der Waals surface area contributed by atoms with Crippen molar-refractivity contribution in [1.82, 2.24) is 15.1 Å². The highest BCUT2D eigenvalue weighted by molar-refractivity contribution is 5.95. The van der Waals surface area contributed by atoms with Crippen LogP contribution in [0, 0.1) is 0 Å². The fourth-order valence-corrected chi connectivity index (χ4v) is 1.78. The van der Waals surface area contributed by atoms with Gasteiger partial charge in [-0.15, -0.1) is 0 Å². The third-order valence-corrected chi connectivity index (χ3v) is 3.62. The normalized spacial score (nSPS) is 11.9. The molecule has 0 bridgehead atoms. The van der Waals surface area contributed by atoms with E-state index in [1.807, 2.05) is 32.8 Å². The monoisotopic (exact) mass is 320 g/mol. The minimum Gasteiger partial charge on any atom is -0.350 e. The highest BCUT2D eigenvalue weighted by Crippen LogP contribution is 2.10. The van der Waals surface area contributed by atoms with E-state index in [-0.39, 0.29) is 18.0 Å². The van der Waals surface area contributed by atoms with Gasteiger partial charge in [0.2, 0.25) is 0 Å². The molecule has 1 atom stereocenters. The number of anilines is 1. The Hall–Kier alpha value is -2.08. The second-order valence-electron chi connectivity index (χ2n) is 6.02. The fourth-order valence-electron chi connectivity index (χ4n) is 1.78. The van der Waals surface area contributed by atoms with Crippen LogP contribution in [0.2, 0.25) is 0 Å². The Morgan fingerprint density at radius 3 is 2.22 bits per heavy atom. The summed E-state index contributed by atoms with van der Waals surface area (Å²) in [7, 11) is 5.69. The number of carbonyl (C=O) groups excluding carboxylic acids is 2. The number of nitrogens with one attached hydrogen (secondary N) is 2. The molecule has 0 aliphatic heterocycles. The molecule has 0 fully saturated rings. The van der Waals surface area contributed by atoms with Crippen molar-refractivity contribution >= 4 is 17.6 Å². The summed E-state index contributed by atoms with van der Waals surface area (Å²) in [6, 6.07) is 6.89. The molecule has 0 aromatic heterocycles. The van der Waals surface area contributed by atoms with Crippen molar-refractivity contribution in [3.8, 4) is 0 Å². The lowest BCUT2D eigenvalue weighted by molar-refractivity contribution is 0.0939. The Balaban J connectivity index is 2.56. The average Bonchev–Trinajstić information content (AvgIpc) is 2.52. The predicted molar refractivity (Wildman–Crippen MR) is 93.9 cm³/mol. The summed E-state index contributed by atoms with van der Waals surface area (Å²) in [4.78, 5) is 27.7. The van der Waals surface area contributed by atoms with E-state index in [0.717, 1.165) is 13.0 Å². The van der Waals surface area contributed by atoms with Gasteiger partial charge in [-0.2, -0.15) is 0 Å². The molecule has 6 heteroatoms. The number of nitrogens with zero attached hydrogens (tertiary/aromatic N) is 2. The Morgan fingerprint density at radius 1 is 1.09 bits per heavy atom. The molecule has 6 nitrogen and oxygen atoms in total. The van der Waals surface area contributed by atoms with Crippen molar-refractivity contribution in [2.75, 3.05) is 39.5 Å². The number of amides is 3. The molecule has 0 saturated heterocycles. The summed E-state index contributed by atoms with van der Waals surface area (Å²) < 4.78 is 0. The lowest BCUT2D eigenvalue weighted by atomic mass is 10.1. The number of hydrogen-bond acceptors (Lipinski definition) is 3. The van der Waals surface area contributed by atoms with Gasteiger partial charge in [-0.25, -0.2) is 4.79 Å². The highest BCUT2D eigenvalue weighted by Gasteiger charge is 2.11. The SMILES string of the molecule is CCC(C)NC(=O)c1ccc(NC(=O)N(C)CCN(C)C)cc1. The van der Waals surface area contributed by atoms with E-state index >= 15 is 0 Å². The first-order valence-corrected chi connectivity index (χ1v) is 7.91. The first-order chi connectivity index (χ1) is 10.8. The number of hydrogen-bond donors (Lipinski definition) is 2. The first kappa shape index (κ1) is 19.0. The van der Waals surface area contributed by atoms with Gasteiger partial charge in [-0.3, -0.25) is 4.79 Å². The summed E-state index contributed by atoms with van der Waals surface area (Å²) >= 11 is 0. The Labute approximate surface area is 138 Å². The molecule has 1 aromatic rings. The molecule has 23 heavy (non-hydrogen) atoms. The molecule has 2 N–H and O–H groups in total. The van der Waals surface area contributed by atoms with Crippen LogP contribution in [0.3, 0.4) is 0 Å². The molecule has 1 rings (SSSR count). The molecule has 0 heterocycles. The quantitative estimate of drug-likeness (QED) is 0.810. The van der Waals surface area contributed by atoms with Crippen LogP contribution in [0.5, 0.6) is 0 Å². The van der Waals surface area contributed by atoms with Crippen molar-refractivity contribution in [2.45, 2.75) is 26.3 Å². The number of likely N-dealkylation sites (N-methyl/N-ethyl adjacent to an activating group) is 2. The zero-order chi connectivity index (χ0) is 17.4. The van der Waals surface area contributed by atoms with Gasteiger partial charge in [0.15, 0.2) is 0 Å². The van der Waals surface area contributed by atoms with E-state index in [1.165, 1.54) is 0 Å². The Kier molecular flexibility index (Phi) is 7.54. The number of urea groups is 1. The largest absolute Gasteiger partial charge is 0.350 e. The van der Waals surface area contributed by atoms with Gasteiger partial charge >= 0.3 is 6.03 Å². The molecule has 3 amide bonds. The van der Waals surface area contributed by atoms with Crippen LogP contribution in [0.1, 0.15) is 30.6 Å². The van der Waals surface area contributed by atoms with Crippen LogP contribution in [-0.4, -0.2) is 62.0 Å². The molecule has 0 spiro atoms. The van der Waals surface area contributed by atoms with Gasteiger partial charge in [-0.05, 0) is 51.7 Å². The average molecular weight is 320 g/mol. The van der Waals surface area contributed by atoms with E-state index in [2.05, 4.69) is 10.6 Å². The zero-order valence-electron chi connectivity index (χ0n) is 14.7. The molecule has 0 saturated carbocycles. The highest BCUT2D eigenvalue weighted by atomic mass is 16.2. The molecule has 1 unspecified atom stereocenters. The second-order valence-corrected chi connectivity index (χ2v) is 6.02. The molecule has 128 valence electrons. The lowest BCUT2D eigenvalue weighted by Gasteiger charge is -2.20. The molecular weight excluding hydrogens is 292 g/mol. The maximum atomic E-state index is 12.0. The second kappa shape index (κ2) is 9.15. The zero-order valence-corrected chi connectivity index (χ0v) is 14.7. The van der Waals surface area contributed by atoms with Gasteiger partial charge in [0.25, 0.3) is 5.91 Å². The molecule has 0 aliphatic rings. The van der Waals surface area contributed by atoms with Crippen LogP contribution in [0.4, 0.5) is 10.5 Å². The standard InChI is InChI=1S/C17H28N4O2/c1-6-13(2)18-16(22)14-7-9-15(10-8-14)19-17(23)21(5)12-11-20(3)4/h7-10,13H,6,11-12H2,1-5H3,(H,18,22)(H,19,23). The van der Waals surface area contributed by atoms with Gasteiger partial charge in [-0.1, -0.05) is 6.92 Å². The van der Waals surface area contributed by atoms with Crippen molar-refractivity contribution < 1.29 is 9.59 Å². The van der Waals surface area contributed by atoms with Gasteiger partial charge < -0.3 is 20.4 Å². The molecule has 1 aromatic carbocycles. The summed E-state index contributed by atoms with van der Waals surface area (Å²) in [5, 5.41) is 5.73. The van der Waals surface area contributed by atoms with Crippen molar-refractivity contribution in [3.63, 3.8) is 0 Å². The van der Waals surface area contributed by atoms with E-state index in [9.17, 15) is 9.59 Å². The predicted octanol–water partition coefficient (Wildman–Crippen LogP) is 2.24. The number of carbonyl (C=O) groups is 2. The third-order valence-electron chi connectivity index (χ3n) is 3.62. The number of benzene rings is 1. The van der Waals surface area contributed by atoms with Crippen molar-refractivity contribution in [2.24, 2.45) is 0 Å². The fraction of sp³-hybridized carbons (Fsp3) is 0.529. The van der Waals surface area contributed by atoms with Gasteiger partial charge in [0.1, 0.15) is 0 Å². The first-order valence-electron chi connectivity index (χ1n) is 7.91. The maximum Gasteiger partial charge on any atom is 0.321 e.